The second-order valence-electron chi connectivity index (χ2n) is 25.1. The fraction of sp³-hybridized carbons (Fsp3) is 0.447. The van der Waals surface area contributed by atoms with Crippen LogP contribution in [0.2, 0.25) is 0 Å². The average Bonchev–Trinajstić information content (AvgIpc) is 1.62. The Hall–Kier alpha value is -8.46. The normalized spacial score (nSPS) is 17.3. The Morgan fingerprint density at radius 2 is 0.874 bits per heavy atom. The quantitative estimate of drug-likeness (QED) is 0.0222. The van der Waals surface area contributed by atoms with Crippen LogP contribution in [0.5, 0.6) is 17.2 Å². The molecule has 512 valence electrons. The fourth-order valence-electron chi connectivity index (χ4n) is 12.6. The van der Waals surface area contributed by atoms with Crippen LogP contribution in [0.15, 0.2) is 152 Å². The van der Waals surface area contributed by atoms with Gasteiger partial charge < -0.3 is 45.5 Å². The Kier molecular flexibility index (Phi) is 30.9. The molecular weight excluding hydrogens is 1210 g/mol. The highest BCUT2D eigenvalue weighted by atomic mass is 16.5. The number of nitrogens with zero attached hydrogens (tertiary/aromatic N) is 2. The van der Waals surface area contributed by atoms with Gasteiger partial charge in [0.2, 0.25) is 5.91 Å². The summed E-state index contributed by atoms with van der Waals surface area (Å²) in [4.78, 5) is 79.1. The molecule has 0 bridgehead atoms. The van der Waals surface area contributed by atoms with E-state index >= 15 is 0 Å². The molecule has 3 fully saturated rings. The maximum absolute atomic E-state index is 13.1. The van der Waals surface area contributed by atoms with Crippen molar-refractivity contribution in [1.82, 2.24) is 9.80 Å². The van der Waals surface area contributed by atoms with Gasteiger partial charge in [-0.05, 0) is 165 Å². The largest absolute Gasteiger partial charge is 0.493 e. The molecule has 0 aromatic heterocycles. The number of esters is 1. The third kappa shape index (κ3) is 21.0. The van der Waals surface area contributed by atoms with Crippen LogP contribution in [-0.4, -0.2) is 106 Å². The van der Waals surface area contributed by atoms with E-state index in [2.05, 4.69) is 0 Å². The van der Waals surface area contributed by atoms with Crippen molar-refractivity contribution in [2.75, 3.05) is 39.5 Å². The smallest absolute Gasteiger partial charge is 0.338 e. The molecule has 0 radical (unpaired) electrons. The lowest BCUT2D eigenvalue weighted by atomic mass is 9.90. The minimum Gasteiger partial charge on any atom is -0.493 e. The van der Waals surface area contributed by atoms with Crippen LogP contribution in [0.1, 0.15) is 212 Å². The van der Waals surface area contributed by atoms with Crippen molar-refractivity contribution in [3.63, 3.8) is 0 Å². The number of hydrogen-bond donors (Lipinski definition) is 6. The van der Waals surface area contributed by atoms with Crippen LogP contribution < -0.4 is 19.9 Å². The predicted octanol–water partition coefficient (Wildman–Crippen LogP) is 13.9. The SMILES string of the molecule is CCO.C[C@@H](C(=O)N1C(=O)c2ccccc2C1=O)[C@H](O)c1cccc(OCC2CCCCC2)c1.C[C@@H](CN)[C@@H](O)c1cccc(OCC2CCCCC2)c1.C[C@@H](CN1C(=O)c2ccccc2C1=O)[C@@H](OC(=O)c1ccccc1)c1cccc(OCC2CCCCC2)c1.N=N.O.[HH]. The number of carbonyl (C=O) groups excluding carboxylic acids is 6. The first-order valence-electron chi connectivity index (χ1n) is 33.4. The zero-order chi connectivity index (χ0) is 67.5. The number of nitrogens with one attached hydrogen (secondary N) is 2. The molecule has 9 N–H and O–H groups in total. The third-order valence-corrected chi connectivity index (χ3v) is 18.1. The van der Waals surface area contributed by atoms with E-state index in [1.165, 1.54) is 120 Å². The number of fused-ring (bicyclic) bond motifs is 2. The van der Waals surface area contributed by atoms with Gasteiger partial charge in [-0.15, -0.1) is 0 Å². The van der Waals surface area contributed by atoms with Gasteiger partial charge in [0.15, 0.2) is 0 Å². The highest BCUT2D eigenvalue weighted by Gasteiger charge is 2.43. The first-order chi connectivity index (χ1) is 45.6. The number of hydrogen-bond acceptors (Lipinski definition) is 16. The van der Waals surface area contributed by atoms with Crippen molar-refractivity contribution < 1.29 is 69.9 Å². The number of aliphatic hydroxyl groups is 3. The van der Waals surface area contributed by atoms with E-state index in [0.29, 0.717) is 70.4 Å². The summed E-state index contributed by atoms with van der Waals surface area (Å²) in [7, 11) is 0. The molecule has 6 aromatic carbocycles. The van der Waals surface area contributed by atoms with E-state index in [0.717, 1.165) is 29.2 Å². The van der Waals surface area contributed by atoms with Crippen LogP contribution in [-0.2, 0) is 9.53 Å². The molecule has 2 heterocycles. The molecule has 0 saturated heterocycles. The summed E-state index contributed by atoms with van der Waals surface area (Å²) < 4.78 is 24.0. The third-order valence-electron chi connectivity index (χ3n) is 18.1. The maximum Gasteiger partial charge on any atom is 0.338 e. The standard InChI is InChI=1S/C32H33NO5.C25H27NO5.C17H27NO2.C2H6O.H2N2.H2O.H2/c1-22(20-33-30(34)27-17-8-9-18-28(27)31(33)35)29(38-32(36)24-13-6-3-7-14-24)25-15-10-16-26(19-25)37-21-23-11-4-2-5-12-23;1-16(23(28)26-24(29)20-12-5-6-13-21(20)25(26)30)22(27)18-10-7-11-19(14-18)31-15-17-8-3-2-4-9-17;1-13(11-18)17(19)15-8-5-9-16(10-15)20-12-14-6-3-2-4-7-14;1-2-3;1-2;;/h3,6-10,13-19,22-23,29H,2,4-5,11-12,20-21H2,1H3;5-7,10-14,16-17,22,27H,2-4,8-9,15H2,1H3;5,8-10,13-14,17,19H,2-4,6-7,11-12,18H2,1H3;3H,2H2,1H3;1-2H;1H2;1H/t22-,29+;16-,22+;13-,17+;;;;/m010..../s1. The van der Waals surface area contributed by atoms with Crippen molar-refractivity contribution in [2.45, 2.75) is 142 Å². The van der Waals surface area contributed by atoms with Gasteiger partial charge in [-0.25, -0.2) is 20.8 Å². The number of nitrogens with two attached hydrogens (primary N) is 1. The van der Waals surface area contributed by atoms with Crippen LogP contribution in [0.3, 0.4) is 0 Å². The number of aliphatic hydroxyl groups excluding tert-OH is 3. The average molecular weight is 1310 g/mol. The van der Waals surface area contributed by atoms with Gasteiger partial charge in [0.1, 0.15) is 23.4 Å². The van der Waals surface area contributed by atoms with Crippen LogP contribution in [0.4, 0.5) is 0 Å². The van der Waals surface area contributed by atoms with Crippen molar-refractivity contribution in [1.29, 1.82) is 11.1 Å². The van der Waals surface area contributed by atoms with Gasteiger partial charge in [-0.3, -0.25) is 28.9 Å². The number of amides is 5. The van der Waals surface area contributed by atoms with E-state index in [9.17, 15) is 39.0 Å². The van der Waals surface area contributed by atoms with Gasteiger partial charge in [0.25, 0.3) is 23.6 Å². The number of benzene rings is 6. The Bertz CT molecular complexity index is 3340. The molecule has 11 rings (SSSR count). The second-order valence-corrected chi connectivity index (χ2v) is 25.1. The summed E-state index contributed by atoms with van der Waals surface area (Å²) in [5.41, 5.74) is 19.4. The molecule has 19 heteroatoms. The van der Waals surface area contributed by atoms with Gasteiger partial charge >= 0.3 is 5.97 Å². The molecule has 3 saturated carbocycles. The number of imide groups is 4. The van der Waals surface area contributed by atoms with Crippen LogP contribution in [0, 0.1) is 46.6 Å². The summed E-state index contributed by atoms with van der Waals surface area (Å²) in [6.45, 7) is 10.0. The van der Waals surface area contributed by atoms with Crippen LogP contribution in [0.25, 0.3) is 0 Å². The highest BCUT2D eigenvalue weighted by Crippen LogP contribution is 2.36. The van der Waals surface area contributed by atoms with E-state index in [-0.39, 0.29) is 54.8 Å². The van der Waals surface area contributed by atoms with Gasteiger partial charge in [0.05, 0.1) is 65.8 Å². The molecule has 6 atom stereocenters. The zero-order valence-corrected chi connectivity index (χ0v) is 55.4. The first kappa shape index (κ1) is 75.6. The summed E-state index contributed by atoms with van der Waals surface area (Å²) in [6, 6.07) is 44.4. The fourth-order valence-corrected chi connectivity index (χ4v) is 12.6. The van der Waals surface area contributed by atoms with Gasteiger partial charge in [0, 0.05) is 20.5 Å². The highest BCUT2D eigenvalue weighted by molar-refractivity contribution is 6.29. The number of rotatable bonds is 21. The predicted molar refractivity (Wildman–Crippen MR) is 364 cm³/mol. The summed E-state index contributed by atoms with van der Waals surface area (Å²) >= 11 is 0. The molecule has 6 aromatic rings. The molecule has 2 aliphatic heterocycles. The molecule has 95 heavy (non-hydrogen) atoms. The molecule has 5 amide bonds. The van der Waals surface area contributed by atoms with Crippen molar-refractivity contribution in [2.24, 2.45) is 41.2 Å². The Labute approximate surface area is 560 Å². The summed E-state index contributed by atoms with van der Waals surface area (Å²) in [6.07, 6.45) is 16.5. The maximum atomic E-state index is 13.1. The van der Waals surface area contributed by atoms with E-state index in [1.807, 2.05) is 74.5 Å². The Morgan fingerprint density at radius 1 is 0.516 bits per heavy atom. The van der Waals surface area contributed by atoms with Crippen molar-refractivity contribution >= 4 is 35.5 Å². The molecule has 5 aliphatic rings. The zero-order valence-electron chi connectivity index (χ0n) is 55.4. The van der Waals surface area contributed by atoms with Crippen molar-refractivity contribution in [3.05, 3.63) is 196 Å². The molecule has 19 nitrogen and oxygen atoms in total. The minimum atomic E-state index is -1.17. The van der Waals surface area contributed by atoms with Gasteiger partial charge in [-0.2, -0.15) is 0 Å². The summed E-state index contributed by atoms with van der Waals surface area (Å²) in [5, 5.41) is 28.6. The van der Waals surface area contributed by atoms with Gasteiger partial charge in [-0.1, -0.05) is 157 Å². The first-order valence-corrected chi connectivity index (χ1v) is 33.4. The molecule has 0 spiro atoms. The molecule has 3 aliphatic carbocycles. The molecular formula is C76H99N5O14. The van der Waals surface area contributed by atoms with Crippen LogP contribution >= 0.6 is 0 Å². The number of ether oxygens (including phenoxy) is 4. The lowest BCUT2D eigenvalue weighted by Crippen LogP contribution is -2.41. The lowest BCUT2D eigenvalue weighted by Gasteiger charge is -2.28. The topological polar surface area (TPSA) is 312 Å². The second kappa shape index (κ2) is 38.8. The van der Waals surface area contributed by atoms with Crippen molar-refractivity contribution in [3.8, 4) is 17.2 Å². The van der Waals surface area contributed by atoms with E-state index in [4.69, 9.17) is 40.8 Å². The number of carbonyl (C=O) groups is 6. The summed E-state index contributed by atoms with van der Waals surface area (Å²) in [5.74, 6) is -0.360. The monoisotopic (exact) mass is 1310 g/mol. The van der Waals surface area contributed by atoms with E-state index in [1.54, 1.807) is 85.8 Å². The lowest BCUT2D eigenvalue weighted by molar-refractivity contribution is -0.133. The Morgan fingerprint density at radius 3 is 1.27 bits per heavy atom. The van der Waals surface area contributed by atoms with E-state index < -0.39 is 47.9 Å². The Balaban J connectivity index is 0.000000259. The minimum absolute atomic E-state index is 0. The molecule has 0 unspecified atom stereocenters.